The fraction of sp³-hybridized carbons (Fsp3) is 0. The fourth-order valence-electron chi connectivity index (χ4n) is 0.0552. The van der Waals surface area contributed by atoms with E-state index in [-0.39, 0.29) is 0 Å². The van der Waals surface area contributed by atoms with Crippen molar-refractivity contribution in [2.75, 3.05) is 0 Å². The normalized spacial score (nSPS) is 11.1. The van der Waals surface area contributed by atoms with Gasteiger partial charge in [-0.3, -0.25) is 0 Å². The Hall–Kier alpha value is -1.19. The Labute approximate surface area is 39.9 Å². The van der Waals surface area contributed by atoms with Crippen molar-refractivity contribution >= 4 is 5.97 Å². The molecule has 0 radical (unpaired) electrons. The minimum atomic E-state index is -1.32. The second-order valence-electron chi connectivity index (χ2n) is 0.890. The SMILES string of the molecule is N/C(=C\O)C(=O)O. The lowest BCUT2D eigenvalue weighted by Gasteiger charge is -1.84. The maximum Gasteiger partial charge on any atom is 0.354 e. The standard InChI is InChI=1S/C3H5NO3/c4-2(1-5)3(6)7/h1,5H,4H2,(H,6,7)/b2-1-. The van der Waals surface area contributed by atoms with Gasteiger partial charge in [-0.2, -0.15) is 0 Å². The van der Waals surface area contributed by atoms with Gasteiger partial charge in [0.2, 0.25) is 0 Å². The quantitative estimate of drug-likeness (QED) is 0.306. The van der Waals surface area contributed by atoms with Crippen molar-refractivity contribution in [3.63, 3.8) is 0 Å². The molecule has 0 bridgehead atoms. The van der Waals surface area contributed by atoms with Crippen molar-refractivity contribution < 1.29 is 15.0 Å². The summed E-state index contributed by atoms with van der Waals surface area (Å²) in [5.41, 5.74) is 4.07. The topological polar surface area (TPSA) is 83.5 Å². The lowest BCUT2D eigenvalue weighted by atomic mass is 10.5. The number of rotatable bonds is 1. The number of carbonyl (C=O) groups is 1. The molecule has 0 aromatic rings. The first-order chi connectivity index (χ1) is 3.18. The Morgan fingerprint density at radius 3 is 2.14 bits per heavy atom. The Balaban J connectivity index is 3.82. The molecule has 7 heavy (non-hydrogen) atoms. The molecule has 4 nitrogen and oxygen atoms in total. The third-order valence-electron chi connectivity index (χ3n) is 0.386. The highest BCUT2D eigenvalue weighted by atomic mass is 16.4. The third kappa shape index (κ3) is 1.64. The summed E-state index contributed by atoms with van der Waals surface area (Å²) in [4.78, 5) is 9.58. The maximum atomic E-state index is 9.58. The number of aliphatic hydroxyl groups is 1. The fourth-order valence-corrected chi connectivity index (χ4v) is 0.0552. The second-order valence-corrected chi connectivity index (χ2v) is 0.890. The van der Waals surface area contributed by atoms with Gasteiger partial charge in [-0.1, -0.05) is 0 Å². The number of nitrogens with two attached hydrogens (primary N) is 1. The summed E-state index contributed by atoms with van der Waals surface area (Å²) in [6.45, 7) is 0. The van der Waals surface area contributed by atoms with E-state index in [4.69, 9.17) is 10.2 Å². The molecule has 0 saturated carbocycles. The molecule has 0 aliphatic heterocycles. The molecule has 0 spiro atoms. The van der Waals surface area contributed by atoms with E-state index in [1.165, 1.54) is 0 Å². The molecule has 0 aliphatic carbocycles. The van der Waals surface area contributed by atoms with E-state index in [0.29, 0.717) is 6.26 Å². The molecular formula is C3H5NO3. The summed E-state index contributed by atoms with van der Waals surface area (Å²) in [5.74, 6) is -1.32. The van der Waals surface area contributed by atoms with Crippen molar-refractivity contribution in [1.82, 2.24) is 0 Å². The zero-order valence-corrected chi connectivity index (χ0v) is 3.46. The van der Waals surface area contributed by atoms with Crippen LogP contribution in [0.3, 0.4) is 0 Å². The van der Waals surface area contributed by atoms with Gasteiger partial charge in [0.25, 0.3) is 0 Å². The molecular weight excluding hydrogens is 98.0 g/mol. The molecule has 0 aromatic carbocycles. The second kappa shape index (κ2) is 2.07. The molecule has 0 aromatic heterocycles. The lowest BCUT2D eigenvalue weighted by Crippen LogP contribution is -2.09. The first-order valence-electron chi connectivity index (χ1n) is 1.51. The van der Waals surface area contributed by atoms with Crippen LogP contribution in [0.5, 0.6) is 0 Å². The molecule has 4 N–H and O–H groups in total. The smallest absolute Gasteiger partial charge is 0.354 e. The molecule has 0 aliphatic rings. The van der Waals surface area contributed by atoms with E-state index in [0.717, 1.165) is 0 Å². The van der Waals surface area contributed by atoms with Gasteiger partial charge in [0, 0.05) is 0 Å². The van der Waals surface area contributed by atoms with Crippen LogP contribution in [0.4, 0.5) is 0 Å². The van der Waals surface area contributed by atoms with Crippen LogP contribution in [0.25, 0.3) is 0 Å². The average molecular weight is 103 g/mol. The van der Waals surface area contributed by atoms with Crippen molar-refractivity contribution in [1.29, 1.82) is 0 Å². The highest BCUT2D eigenvalue weighted by Crippen LogP contribution is 1.75. The van der Waals surface area contributed by atoms with Crippen LogP contribution < -0.4 is 5.73 Å². The van der Waals surface area contributed by atoms with E-state index >= 15 is 0 Å². The first-order valence-corrected chi connectivity index (χ1v) is 1.51. The Morgan fingerprint density at radius 2 is 2.14 bits per heavy atom. The van der Waals surface area contributed by atoms with E-state index in [2.05, 4.69) is 5.73 Å². The predicted octanol–water partition coefficient (Wildman–Crippen LogP) is -0.571. The summed E-state index contributed by atoms with van der Waals surface area (Å²) in [5, 5.41) is 15.7. The number of carboxylic acids is 1. The summed E-state index contributed by atoms with van der Waals surface area (Å²) in [7, 11) is 0. The lowest BCUT2D eigenvalue weighted by molar-refractivity contribution is -0.132. The molecule has 0 fully saturated rings. The van der Waals surface area contributed by atoms with Gasteiger partial charge in [0.05, 0.1) is 0 Å². The van der Waals surface area contributed by atoms with Crippen molar-refractivity contribution in [2.45, 2.75) is 0 Å². The molecule has 0 unspecified atom stereocenters. The van der Waals surface area contributed by atoms with Crippen LogP contribution in [-0.4, -0.2) is 16.2 Å². The highest BCUT2D eigenvalue weighted by molar-refractivity contribution is 5.84. The predicted molar refractivity (Wildman–Crippen MR) is 22.5 cm³/mol. The molecule has 40 valence electrons. The van der Waals surface area contributed by atoms with Crippen LogP contribution in [-0.2, 0) is 4.79 Å². The highest BCUT2D eigenvalue weighted by Gasteiger charge is 1.96. The molecule has 0 heterocycles. The van der Waals surface area contributed by atoms with E-state index in [9.17, 15) is 4.79 Å². The van der Waals surface area contributed by atoms with E-state index in [1.54, 1.807) is 0 Å². The van der Waals surface area contributed by atoms with Crippen LogP contribution >= 0.6 is 0 Å². The maximum absolute atomic E-state index is 9.58. The average Bonchev–Trinajstić information content (AvgIpc) is 1.65. The van der Waals surface area contributed by atoms with E-state index < -0.39 is 11.7 Å². The van der Waals surface area contributed by atoms with Crippen molar-refractivity contribution in [3.05, 3.63) is 12.0 Å². The Kier molecular flexibility index (Phi) is 1.72. The minimum absolute atomic E-state index is 0.336. The minimum Gasteiger partial charge on any atom is -0.513 e. The zero-order valence-electron chi connectivity index (χ0n) is 3.46. The van der Waals surface area contributed by atoms with Gasteiger partial charge in [-0.05, 0) is 0 Å². The van der Waals surface area contributed by atoms with Crippen LogP contribution in [0.15, 0.2) is 12.0 Å². The Bertz CT molecular complexity index is 107. The molecule has 4 heteroatoms. The van der Waals surface area contributed by atoms with Crippen LogP contribution in [0, 0.1) is 0 Å². The molecule has 0 saturated heterocycles. The zero-order chi connectivity index (χ0) is 5.86. The summed E-state index contributed by atoms with van der Waals surface area (Å²) in [6, 6.07) is 0. The first kappa shape index (κ1) is 5.81. The van der Waals surface area contributed by atoms with E-state index in [1.807, 2.05) is 0 Å². The van der Waals surface area contributed by atoms with Gasteiger partial charge in [0.15, 0.2) is 5.70 Å². The van der Waals surface area contributed by atoms with Gasteiger partial charge < -0.3 is 15.9 Å². The molecule has 0 atom stereocenters. The number of hydrogen-bond acceptors (Lipinski definition) is 3. The summed E-state index contributed by atoms with van der Waals surface area (Å²) in [6.07, 6.45) is 0.336. The van der Waals surface area contributed by atoms with Gasteiger partial charge >= 0.3 is 5.97 Å². The monoisotopic (exact) mass is 103 g/mol. The number of aliphatic hydroxyl groups excluding tert-OH is 1. The van der Waals surface area contributed by atoms with Crippen LogP contribution in [0.2, 0.25) is 0 Å². The molecule has 0 amide bonds. The number of aliphatic carboxylic acids is 1. The van der Waals surface area contributed by atoms with Gasteiger partial charge in [-0.25, -0.2) is 4.79 Å². The summed E-state index contributed by atoms with van der Waals surface area (Å²) < 4.78 is 0. The third-order valence-corrected chi connectivity index (χ3v) is 0.386. The van der Waals surface area contributed by atoms with Gasteiger partial charge in [0.1, 0.15) is 6.26 Å². The number of hydrogen-bond donors (Lipinski definition) is 3. The van der Waals surface area contributed by atoms with Gasteiger partial charge in [-0.15, -0.1) is 0 Å². The summed E-state index contributed by atoms with van der Waals surface area (Å²) >= 11 is 0. The largest absolute Gasteiger partial charge is 0.513 e. The van der Waals surface area contributed by atoms with Crippen molar-refractivity contribution in [3.8, 4) is 0 Å². The van der Waals surface area contributed by atoms with Crippen molar-refractivity contribution in [2.24, 2.45) is 5.73 Å². The number of carboxylic acid groups (broad SMARTS) is 1. The Morgan fingerprint density at radius 1 is 1.71 bits per heavy atom. The molecule has 0 rings (SSSR count). The van der Waals surface area contributed by atoms with Crippen LogP contribution in [0.1, 0.15) is 0 Å².